The number of anilines is 1. The van der Waals surface area contributed by atoms with Crippen LogP contribution >= 0.6 is 11.8 Å². The van der Waals surface area contributed by atoms with E-state index >= 15 is 0 Å². The molecule has 1 aromatic heterocycles. The fraction of sp³-hybridized carbons (Fsp3) is 0.300. The standard InChI is InChI=1S/C10H13N5OS/c1-3-16-9-6-7(4-5-8(9)11)17-10-12-13-14-15(10)2/h4-6H,3,11H2,1-2H3. The zero-order valence-corrected chi connectivity index (χ0v) is 10.4. The van der Waals surface area contributed by atoms with Crippen molar-refractivity contribution in [1.82, 2.24) is 20.2 Å². The summed E-state index contributed by atoms with van der Waals surface area (Å²) in [4.78, 5) is 0.987. The van der Waals surface area contributed by atoms with Gasteiger partial charge in [-0.25, -0.2) is 4.68 Å². The van der Waals surface area contributed by atoms with Crippen LogP contribution in [0.25, 0.3) is 0 Å². The first kappa shape index (κ1) is 11.7. The van der Waals surface area contributed by atoms with E-state index < -0.39 is 0 Å². The summed E-state index contributed by atoms with van der Waals surface area (Å²) in [5, 5.41) is 12.0. The molecule has 1 heterocycles. The Labute approximate surface area is 103 Å². The van der Waals surface area contributed by atoms with Crippen LogP contribution in [0.15, 0.2) is 28.3 Å². The highest BCUT2D eigenvalue weighted by molar-refractivity contribution is 7.99. The molecule has 90 valence electrons. The van der Waals surface area contributed by atoms with Crippen LogP contribution in [0.3, 0.4) is 0 Å². The number of aryl methyl sites for hydroxylation is 1. The van der Waals surface area contributed by atoms with Crippen molar-refractivity contribution in [3.05, 3.63) is 18.2 Å². The number of rotatable bonds is 4. The second kappa shape index (κ2) is 5.05. The SMILES string of the molecule is CCOc1cc(Sc2nnnn2C)ccc1N. The summed E-state index contributed by atoms with van der Waals surface area (Å²) < 4.78 is 7.04. The van der Waals surface area contributed by atoms with Gasteiger partial charge in [0.1, 0.15) is 5.75 Å². The molecule has 7 heteroatoms. The number of nitrogens with two attached hydrogens (primary N) is 1. The number of aromatic nitrogens is 4. The Kier molecular flexibility index (Phi) is 3.48. The minimum absolute atomic E-state index is 0.587. The van der Waals surface area contributed by atoms with E-state index in [9.17, 15) is 0 Å². The van der Waals surface area contributed by atoms with Gasteiger partial charge in [-0.2, -0.15) is 0 Å². The minimum atomic E-state index is 0.587. The van der Waals surface area contributed by atoms with Gasteiger partial charge in [0.2, 0.25) is 5.16 Å². The van der Waals surface area contributed by atoms with Crippen LogP contribution in [0.4, 0.5) is 5.69 Å². The van der Waals surface area contributed by atoms with Crippen molar-refractivity contribution in [3.63, 3.8) is 0 Å². The van der Waals surface area contributed by atoms with Gasteiger partial charge in [-0.05, 0) is 47.3 Å². The number of nitrogen functional groups attached to an aromatic ring is 1. The molecule has 0 spiro atoms. The molecule has 0 saturated heterocycles. The third-order valence-corrected chi connectivity index (χ3v) is 3.09. The van der Waals surface area contributed by atoms with E-state index in [1.165, 1.54) is 11.8 Å². The maximum atomic E-state index is 5.80. The van der Waals surface area contributed by atoms with Gasteiger partial charge in [-0.1, -0.05) is 0 Å². The number of hydrogen-bond acceptors (Lipinski definition) is 6. The molecule has 0 saturated carbocycles. The molecule has 0 bridgehead atoms. The van der Waals surface area contributed by atoms with E-state index in [1.807, 2.05) is 25.1 Å². The van der Waals surface area contributed by atoms with Gasteiger partial charge in [0.15, 0.2) is 0 Å². The van der Waals surface area contributed by atoms with E-state index in [1.54, 1.807) is 11.7 Å². The lowest BCUT2D eigenvalue weighted by Gasteiger charge is -2.08. The summed E-state index contributed by atoms with van der Waals surface area (Å²) in [7, 11) is 1.79. The van der Waals surface area contributed by atoms with Crippen LogP contribution in [0, 0.1) is 0 Å². The van der Waals surface area contributed by atoms with E-state index in [-0.39, 0.29) is 0 Å². The molecule has 2 aromatic rings. The molecule has 2 rings (SSSR count). The maximum absolute atomic E-state index is 5.80. The number of benzene rings is 1. The molecule has 0 aliphatic carbocycles. The summed E-state index contributed by atoms with van der Waals surface area (Å²) in [5.41, 5.74) is 6.43. The molecule has 0 amide bonds. The Morgan fingerprint density at radius 1 is 1.47 bits per heavy atom. The van der Waals surface area contributed by atoms with E-state index in [0.717, 1.165) is 10.1 Å². The van der Waals surface area contributed by atoms with Crippen LogP contribution in [0.2, 0.25) is 0 Å². The van der Waals surface area contributed by atoms with Crippen molar-refractivity contribution in [3.8, 4) is 5.75 Å². The highest BCUT2D eigenvalue weighted by atomic mass is 32.2. The number of nitrogens with zero attached hydrogens (tertiary/aromatic N) is 4. The summed E-state index contributed by atoms with van der Waals surface area (Å²) in [6.07, 6.45) is 0. The molecule has 0 fully saturated rings. The predicted molar refractivity (Wildman–Crippen MR) is 64.9 cm³/mol. The van der Waals surface area contributed by atoms with Gasteiger partial charge >= 0.3 is 0 Å². The summed E-state index contributed by atoms with van der Waals surface area (Å²) in [6.45, 7) is 2.51. The van der Waals surface area contributed by atoms with Crippen LogP contribution in [-0.2, 0) is 7.05 Å². The van der Waals surface area contributed by atoms with Gasteiger partial charge in [0.05, 0.1) is 12.3 Å². The predicted octanol–water partition coefficient (Wildman–Crippen LogP) is 1.34. The molecule has 0 aliphatic rings. The second-order valence-electron chi connectivity index (χ2n) is 3.32. The van der Waals surface area contributed by atoms with Crippen molar-refractivity contribution in [2.75, 3.05) is 12.3 Å². The van der Waals surface area contributed by atoms with Crippen molar-refractivity contribution in [1.29, 1.82) is 0 Å². The monoisotopic (exact) mass is 251 g/mol. The van der Waals surface area contributed by atoms with Gasteiger partial charge in [0.25, 0.3) is 0 Å². The molecule has 2 N–H and O–H groups in total. The van der Waals surface area contributed by atoms with E-state index in [2.05, 4.69) is 15.5 Å². The highest BCUT2D eigenvalue weighted by Gasteiger charge is 2.07. The molecular formula is C10H13N5OS. The first-order chi connectivity index (χ1) is 8.20. The summed E-state index contributed by atoms with van der Waals surface area (Å²) in [6, 6.07) is 5.62. The van der Waals surface area contributed by atoms with Gasteiger partial charge < -0.3 is 10.5 Å². The number of tetrazole rings is 1. The third kappa shape index (κ3) is 2.68. The zero-order valence-electron chi connectivity index (χ0n) is 9.62. The number of hydrogen-bond donors (Lipinski definition) is 1. The van der Waals surface area contributed by atoms with E-state index in [0.29, 0.717) is 18.0 Å². The molecule has 0 radical (unpaired) electrons. The maximum Gasteiger partial charge on any atom is 0.213 e. The quantitative estimate of drug-likeness (QED) is 0.826. The summed E-state index contributed by atoms with van der Waals surface area (Å²) >= 11 is 1.46. The second-order valence-corrected chi connectivity index (χ2v) is 4.36. The first-order valence-electron chi connectivity index (χ1n) is 5.13. The lowest BCUT2D eigenvalue weighted by molar-refractivity contribution is 0.341. The largest absolute Gasteiger partial charge is 0.492 e. The average Bonchev–Trinajstić information content (AvgIpc) is 2.70. The average molecular weight is 251 g/mol. The topological polar surface area (TPSA) is 78.9 Å². The normalized spacial score (nSPS) is 10.5. The lowest BCUT2D eigenvalue weighted by Crippen LogP contribution is -1.97. The van der Waals surface area contributed by atoms with Crippen LogP contribution in [-0.4, -0.2) is 26.8 Å². The summed E-state index contributed by atoms with van der Waals surface area (Å²) in [5.74, 6) is 0.688. The minimum Gasteiger partial charge on any atom is -0.492 e. The fourth-order valence-electron chi connectivity index (χ4n) is 1.27. The van der Waals surface area contributed by atoms with Crippen LogP contribution in [0.5, 0.6) is 5.75 Å². The lowest BCUT2D eigenvalue weighted by atomic mass is 10.3. The Hall–Kier alpha value is -1.76. The molecule has 0 atom stereocenters. The Morgan fingerprint density at radius 3 is 2.94 bits per heavy atom. The van der Waals surface area contributed by atoms with Crippen molar-refractivity contribution in [2.24, 2.45) is 7.05 Å². The Bertz CT molecular complexity index is 513. The molecule has 0 unspecified atom stereocenters. The fourth-order valence-corrected chi connectivity index (χ4v) is 2.03. The Balaban J connectivity index is 2.22. The van der Waals surface area contributed by atoms with Gasteiger partial charge in [-0.15, -0.1) is 5.10 Å². The van der Waals surface area contributed by atoms with Gasteiger partial charge in [0, 0.05) is 11.9 Å². The third-order valence-electron chi connectivity index (χ3n) is 2.08. The van der Waals surface area contributed by atoms with Crippen LogP contribution in [0.1, 0.15) is 6.92 Å². The van der Waals surface area contributed by atoms with Crippen LogP contribution < -0.4 is 10.5 Å². The number of ether oxygens (including phenoxy) is 1. The first-order valence-corrected chi connectivity index (χ1v) is 5.95. The molecule has 6 nitrogen and oxygen atoms in total. The van der Waals surface area contributed by atoms with Crippen molar-refractivity contribution in [2.45, 2.75) is 17.0 Å². The van der Waals surface area contributed by atoms with Crippen molar-refractivity contribution < 1.29 is 4.74 Å². The highest BCUT2D eigenvalue weighted by Crippen LogP contribution is 2.31. The molecule has 17 heavy (non-hydrogen) atoms. The molecule has 1 aromatic carbocycles. The smallest absolute Gasteiger partial charge is 0.213 e. The zero-order chi connectivity index (χ0) is 12.3. The molecule has 0 aliphatic heterocycles. The Morgan fingerprint density at radius 2 is 2.29 bits per heavy atom. The van der Waals surface area contributed by atoms with Crippen molar-refractivity contribution >= 4 is 17.4 Å². The van der Waals surface area contributed by atoms with E-state index in [4.69, 9.17) is 10.5 Å². The molecular weight excluding hydrogens is 238 g/mol. The van der Waals surface area contributed by atoms with Gasteiger partial charge in [-0.3, -0.25) is 0 Å².